The summed E-state index contributed by atoms with van der Waals surface area (Å²) in [6, 6.07) is 7.07. The standard InChI is InChI=1S/C27H37NO6/c1-4-18-11-21(16-29)27(20-9-10-28-15-20)23(12-18)25(34-17(2)30)14-22(31)7-5-19-6-8-24(32)26(13-19)33-3/h6,8-10,13,15,18,21,23,25,27-29,32H,4-5,7,11-12,14,16H2,1-3H3/t18-,21+,23+,25-,27-/m0/s1. The Balaban J connectivity index is 1.78. The molecule has 1 aliphatic carbocycles. The molecule has 34 heavy (non-hydrogen) atoms. The lowest BCUT2D eigenvalue weighted by molar-refractivity contribution is -0.153. The van der Waals surface area contributed by atoms with E-state index in [4.69, 9.17) is 9.47 Å². The number of carbonyl (C=O) groups excluding carboxylic acids is 2. The molecule has 0 radical (unpaired) electrons. The zero-order chi connectivity index (χ0) is 24.7. The zero-order valence-corrected chi connectivity index (χ0v) is 20.3. The Morgan fingerprint density at radius 2 is 2.03 bits per heavy atom. The lowest BCUT2D eigenvalue weighted by Gasteiger charge is -2.44. The molecule has 0 saturated heterocycles. The maximum atomic E-state index is 13.0. The van der Waals surface area contributed by atoms with Gasteiger partial charge in [0.15, 0.2) is 11.5 Å². The number of ether oxygens (including phenoxy) is 2. The van der Waals surface area contributed by atoms with Gasteiger partial charge in [-0.2, -0.15) is 0 Å². The first-order chi connectivity index (χ1) is 16.4. The van der Waals surface area contributed by atoms with E-state index in [1.807, 2.05) is 18.5 Å². The van der Waals surface area contributed by atoms with Gasteiger partial charge in [0, 0.05) is 44.7 Å². The minimum Gasteiger partial charge on any atom is -0.504 e. The second kappa shape index (κ2) is 12.1. The molecule has 1 aromatic heterocycles. The largest absolute Gasteiger partial charge is 0.504 e. The van der Waals surface area contributed by atoms with Crippen LogP contribution in [0.5, 0.6) is 11.5 Å². The Hall–Kier alpha value is -2.80. The number of carbonyl (C=O) groups is 2. The number of aromatic hydroxyl groups is 1. The van der Waals surface area contributed by atoms with Crippen LogP contribution in [0.2, 0.25) is 0 Å². The van der Waals surface area contributed by atoms with E-state index in [9.17, 15) is 19.8 Å². The Kier molecular flexibility index (Phi) is 9.16. The van der Waals surface area contributed by atoms with Crippen molar-refractivity contribution in [1.82, 2.24) is 4.98 Å². The number of hydrogen-bond acceptors (Lipinski definition) is 6. The van der Waals surface area contributed by atoms with Crippen molar-refractivity contribution >= 4 is 11.8 Å². The van der Waals surface area contributed by atoms with Crippen molar-refractivity contribution in [2.45, 2.75) is 64.4 Å². The molecule has 1 saturated carbocycles. The highest BCUT2D eigenvalue weighted by Gasteiger charge is 2.43. The normalized spacial score (nSPS) is 23.3. The van der Waals surface area contributed by atoms with Gasteiger partial charge in [0.05, 0.1) is 7.11 Å². The van der Waals surface area contributed by atoms with Crippen LogP contribution in [-0.2, 0) is 20.7 Å². The lowest BCUT2D eigenvalue weighted by Crippen LogP contribution is -2.41. The molecule has 2 aromatic rings. The molecular formula is C27H37NO6. The van der Waals surface area contributed by atoms with Crippen LogP contribution in [0, 0.1) is 17.8 Å². The van der Waals surface area contributed by atoms with Gasteiger partial charge in [-0.15, -0.1) is 0 Å². The van der Waals surface area contributed by atoms with E-state index in [1.54, 1.807) is 18.2 Å². The highest BCUT2D eigenvalue weighted by atomic mass is 16.5. The molecule has 3 N–H and O–H groups in total. The van der Waals surface area contributed by atoms with Crippen molar-refractivity contribution in [1.29, 1.82) is 0 Å². The predicted octanol–water partition coefficient (Wildman–Crippen LogP) is 4.38. The number of ketones is 1. The number of aliphatic hydroxyl groups excluding tert-OH is 1. The van der Waals surface area contributed by atoms with E-state index < -0.39 is 12.1 Å². The molecular weight excluding hydrogens is 434 g/mol. The topological polar surface area (TPSA) is 109 Å². The minimum atomic E-state index is -0.539. The number of hydrogen-bond donors (Lipinski definition) is 3. The summed E-state index contributed by atoms with van der Waals surface area (Å²) in [5.41, 5.74) is 1.97. The predicted molar refractivity (Wildman–Crippen MR) is 129 cm³/mol. The molecule has 1 heterocycles. The van der Waals surface area contributed by atoms with Crippen molar-refractivity contribution in [3.63, 3.8) is 0 Å². The summed E-state index contributed by atoms with van der Waals surface area (Å²) in [6.07, 6.45) is 6.97. The smallest absolute Gasteiger partial charge is 0.302 e. The van der Waals surface area contributed by atoms with E-state index >= 15 is 0 Å². The van der Waals surface area contributed by atoms with Crippen LogP contribution in [0.4, 0.5) is 0 Å². The molecule has 0 aliphatic heterocycles. The minimum absolute atomic E-state index is 0.0116. The number of methoxy groups -OCH3 is 1. The van der Waals surface area contributed by atoms with Gasteiger partial charge < -0.3 is 24.7 Å². The molecule has 7 nitrogen and oxygen atoms in total. The number of Topliss-reactive ketones (excluding diaryl/α,β-unsaturated/α-hetero) is 1. The molecule has 1 fully saturated rings. The molecule has 186 valence electrons. The van der Waals surface area contributed by atoms with Gasteiger partial charge in [-0.25, -0.2) is 0 Å². The number of esters is 1. The Morgan fingerprint density at radius 1 is 1.24 bits per heavy atom. The van der Waals surface area contributed by atoms with E-state index in [1.165, 1.54) is 14.0 Å². The fourth-order valence-electron chi connectivity index (χ4n) is 5.50. The number of aromatic amines is 1. The van der Waals surface area contributed by atoms with Gasteiger partial charge >= 0.3 is 5.97 Å². The summed E-state index contributed by atoms with van der Waals surface area (Å²) >= 11 is 0. The summed E-state index contributed by atoms with van der Waals surface area (Å²) in [5.74, 6) is 0.487. The average molecular weight is 472 g/mol. The molecule has 5 atom stereocenters. The molecule has 0 amide bonds. The Bertz CT molecular complexity index is 941. The van der Waals surface area contributed by atoms with E-state index in [2.05, 4.69) is 11.9 Å². The Labute approximate surface area is 201 Å². The lowest BCUT2D eigenvalue weighted by atomic mass is 9.63. The van der Waals surface area contributed by atoms with Crippen LogP contribution in [0.15, 0.2) is 36.7 Å². The van der Waals surface area contributed by atoms with E-state index in [-0.39, 0.29) is 42.3 Å². The number of aromatic nitrogens is 1. The van der Waals surface area contributed by atoms with Crippen LogP contribution < -0.4 is 4.74 Å². The molecule has 1 aliphatic rings. The number of rotatable bonds is 11. The first kappa shape index (κ1) is 25.8. The molecule has 0 spiro atoms. The van der Waals surface area contributed by atoms with Gasteiger partial charge in [0.25, 0.3) is 0 Å². The van der Waals surface area contributed by atoms with Gasteiger partial charge in [-0.05, 0) is 66.3 Å². The SMILES string of the molecule is CC[C@H]1C[C@H](CO)[C@H](c2cc[nH]c2)[C@@H]([C@H](CC(=O)CCc2ccc(O)c(OC)c2)OC(C)=O)C1. The first-order valence-corrected chi connectivity index (χ1v) is 12.1. The van der Waals surface area contributed by atoms with Crippen LogP contribution in [0.25, 0.3) is 0 Å². The third-order valence-corrected chi connectivity index (χ3v) is 7.19. The van der Waals surface area contributed by atoms with Crippen molar-refractivity contribution < 1.29 is 29.3 Å². The maximum absolute atomic E-state index is 13.0. The number of aryl methyl sites for hydroxylation is 1. The third kappa shape index (κ3) is 6.41. The summed E-state index contributed by atoms with van der Waals surface area (Å²) in [6.45, 7) is 3.59. The highest BCUT2D eigenvalue weighted by Crippen LogP contribution is 2.48. The second-order valence-corrected chi connectivity index (χ2v) is 9.42. The van der Waals surface area contributed by atoms with Gasteiger partial charge in [-0.3, -0.25) is 9.59 Å². The molecule has 0 unspecified atom stereocenters. The maximum Gasteiger partial charge on any atom is 0.302 e. The molecule has 7 heteroatoms. The zero-order valence-electron chi connectivity index (χ0n) is 20.3. The van der Waals surface area contributed by atoms with E-state index in [0.717, 1.165) is 30.4 Å². The van der Waals surface area contributed by atoms with Crippen LogP contribution in [0.1, 0.15) is 63.0 Å². The fraction of sp³-hybridized carbons (Fsp3) is 0.556. The number of aliphatic hydroxyl groups is 1. The molecule has 0 bridgehead atoms. The number of phenols is 1. The second-order valence-electron chi connectivity index (χ2n) is 9.42. The summed E-state index contributed by atoms with van der Waals surface area (Å²) in [4.78, 5) is 28.2. The van der Waals surface area contributed by atoms with E-state index in [0.29, 0.717) is 24.5 Å². The van der Waals surface area contributed by atoms with Crippen molar-refractivity contribution in [2.24, 2.45) is 17.8 Å². The third-order valence-electron chi connectivity index (χ3n) is 7.19. The van der Waals surface area contributed by atoms with Crippen LogP contribution in [-0.4, -0.2) is 46.8 Å². The Morgan fingerprint density at radius 3 is 2.65 bits per heavy atom. The van der Waals surface area contributed by atoms with Crippen molar-refractivity contribution in [3.8, 4) is 11.5 Å². The molecule has 1 aromatic carbocycles. The number of benzene rings is 1. The quantitative estimate of drug-likeness (QED) is 0.420. The summed E-state index contributed by atoms with van der Waals surface area (Å²) in [7, 11) is 1.49. The summed E-state index contributed by atoms with van der Waals surface area (Å²) < 4.78 is 10.9. The fourth-order valence-corrected chi connectivity index (χ4v) is 5.50. The number of nitrogens with one attached hydrogen (secondary N) is 1. The van der Waals surface area contributed by atoms with Crippen molar-refractivity contribution in [2.75, 3.05) is 13.7 Å². The first-order valence-electron chi connectivity index (χ1n) is 12.1. The van der Waals surface area contributed by atoms with Gasteiger partial charge in [0.2, 0.25) is 0 Å². The van der Waals surface area contributed by atoms with Gasteiger partial charge in [0.1, 0.15) is 11.9 Å². The number of phenolic OH excluding ortho intramolecular Hbond substituents is 1. The van der Waals surface area contributed by atoms with Crippen LogP contribution in [0.3, 0.4) is 0 Å². The summed E-state index contributed by atoms with van der Waals surface area (Å²) in [5, 5.41) is 20.0. The molecule has 3 rings (SSSR count). The van der Waals surface area contributed by atoms with Gasteiger partial charge in [-0.1, -0.05) is 19.4 Å². The number of H-pyrrole nitrogens is 1. The average Bonchev–Trinajstić information content (AvgIpc) is 3.36. The highest BCUT2D eigenvalue weighted by molar-refractivity contribution is 5.79. The monoisotopic (exact) mass is 471 g/mol. The van der Waals surface area contributed by atoms with Crippen molar-refractivity contribution in [3.05, 3.63) is 47.8 Å². The van der Waals surface area contributed by atoms with Crippen LogP contribution >= 0.6 is 0 Å².